The molecule has 0 spiro atoms. The zero-order chi connectivity index (χ0) is 17.4. The third-order valence-electron chi connectivity index (χ3n) is 4.70. The summed E-state index contributed by atoms with van der Waals surface area (Å²) in [5.74, 6) is 1.34. The van der Waals surface area contributed by atoms with Crippen LogP contribution >= 0.6 is 0 Å². The molecule has 7 heteroatoms. The van der Waals surface area contributed by atoms with Gasteiger partial charge in [0, 0.05) is 18.3 Å². The van der Waals surface area contributed by atoms with Gasteiger partial charge in [-0.25, -0.2) is 0 Å². The molecule has 1 aromatic heterocycles. The van der Waals surface area contributed by atoms with E-state index < -0.39 is 0 Å². The largest absolute Gasteiger partial charge is 0.454 e. The van der Waals surface area contributed by atoms with E-state index >= 15 is 0 Å². The van der Waals surface area contributed by atoms with Crippen LogP contribution in [-0.2, 0) is 6.54 Å². The monoisotopic (exact) mass is 342 g/mol. The maximum Gasteiger partial charge on any atom is 0.254 e. The zero-order valence-corrected chi connectivity index (χ0v) is 14.5. The van der Waals surface area contributed by atoms with E-state index in [9.17, 15) is 4.79 Å². The highest BCUT2D eigenvalue weighted by Crippen LogP contribution is 2.33. The summed E-state index contributed by atoms with van der Waals surface area (Å²) in [6.07, 6.45) is 2.76. The second kappa shape index (κ2) is 6.40. The fraction of sp³-hybridized carbons (Fsp3) is 0.444. The van der Waals surface area contributed by atoms with Crippen LogP contribution in [0.1, 0.15) is 28.5 Å². The van der Waals surface area contributed by atoms with E-state index in [1.807, 2.05) is 17.2 Å². The molecule has 0 radical (unpaired) electrons. The molecule has 0 aliphatic carbocycles. The molecule has 0 fully saturated rings. The first-order chi connectivity index (χ1) is 12.1. The number of amides is 1. The standard InChI is InChI=1S/C18H22N4O3/c1-20(2)8-6-15-11-21(10-14-5-7-19-22(14)15)18(23)13-3-4-16-17(9-13)25-12-24-16/h3-5,7,9,15H,6,8,10-12H2,1-2H3/t15-/m1/s1. The summed E-state index contributed by atoms with van der Waals surface area (Å²) in [5.41, 5.74) is 1.70. The molecule has 1 atom stereocenters. The molecule has 132 valence electrons. The minimum atomic E-state index is 0.0144. The zero-order valence-electron chi connectivity index (χ0n) is 14.5. The lowest BCUT2D eigenvalue weighted by atomic mass is 10.1. The molecule has 0 saturated heterocycles. The van der Waals surface area contributed by atoms with Gasteiger partial charge in [-0.3, -0.25) is 9.48 Å². The number of aromatic nitrogens is 2. The van der Waals surface area contributed by atoms with Crippen molar-refractivity contribution in [2.24, 2.45) is 0 Å². The van der Waals surface area contributed by atoms with E-state index in [2.05, 4.69) is 28.8 Å². The predicted octanol–water partition coefficient (Wildman–Crippen LogP) is 1.76. The number of carbonyl (C=O) groups excluding carboxylic acids is 1. The van der Waals surface area contributed by atoms with Crippen molar-refractivity contribution in [1.29, 1.82) is 0 Å². The van der Waals surface area contributed by atoms with E-state index in [1.165, 1.54) is 0 Å². The van der Waals surface area contributed by atoms with Crippen molar-refractivity contribution in [2.75, 3.05) is 34.0 Å². The van der Waals surface area contributed by atoms with Crippen LogP contribution in [0.5, 0.6) is 11.5 Å². The van der Waals surface area contributed by atoms with Crippen molar-refractivity contribution in [1.82, 2.24) is 19.6 Å². The molecule has 25 heavy (non-hydrogen) atoms. The fourth-order valence-electron chi connectivity index (χ4n) is 3.38. The second-order valence-electron chi connectivity index (χ2n) is 6.77. The van der Waals surface area contributed by atoms with Crippen LogP contribution in [0.25, 0.3) is 0 Å². The molecule has 2 aliphatic heterocycles. The van der Waals surface area contributed by atoms with Crippen LogP contribution in [0, 0.1) is 0 Å². The summed E-state index contributed by atoms with van der Waals surface area (Å²) >= 11 is 0. The topological polar surface area (TPSA) is 59.8 Å². The van der Waals surface area contributed by atoms with Crippen molar-refractivity contribution in [2.45, 2.75) is 19.0 Å². The van der Waals surface area contributed by atoms with Gasteiger partial charge in [-0.05, 0) is 51.3 Å². The number of hydrogen-bond donors (Lipinski definition) is 0. The molecule has 0 saturated carbocycles. The van der Waals surface area contributed by atoms with E-state index in [0.717, 1.165) is 18.7 Å². The Balaban J connectivity index is 1.55. The maximum atomic E-state index is 13.0. The first-order valence-electron chi connectivity index (χ1n) is 8.48. The molecule has 2 aliphatic rings. The van der Waals surface area contributed by atoms with E-state index in [0.29, 0.717) is 30.2 Å². The van der Waals surface area contributed by atoms with Gasteiger partial charge in [-0.1, -0.05) is 0 Å². The molecular weight excluding hydrogens is 320 g/mol. The molecule has 4 rings (SSSR count). The number of carbonyl (C=O) groups is 1. The highest BCUT2D eigenvalue weighted by atomic mass is 16.7. The van der Waals surface area contributed by atoms with Crippen molar-refractivity contribution in [3.63, 3.8) is 0 Å². The van der Waals surface area contributed by atoms with Gasteiger partial charge in [-0.15, -0.1) is 0 Å². The first-order valence-corrected chi connectivity index (χ1v) is 8.48. The SMILES string of the molecule is CN(C)CC[C@@H]1CN(C(=O)c2ccc3c(c2)OCO3)Cc2ccnn21. The van der Waals surface area contributed by atoms with Gasteiger partial charge in [0.25, 0.3) is 5.91 Å². The summed E-state index contributed by atoms with van der Waals surface area (Å²) < 4.78 is 12.8. The Morgan fingerprint density at radius 2 is 2.12 bits per heavy atom. The van der Waals surface area contributed by atoms with E-state index in [1.54, 1.807) is 18.2 Å². The summed E-state index contributed by atoms with van der Waals surface area (Å²) in [7, 11) is 4.12. The fourth-order valence-corrected chi connectivity index (χ4v) is 3.38. The molecule has 1 amide bonds. The molecule has 1 aromatic carbocycles. The molecular formula is C18H22N4O3. The number of nitrogens with zero attached hydrogens (tertiary/aromatic N) is 4. The van der Waals surface area contributed by atoms with Crippen molar-refractivity contribution < 1.29 is 14.3 Å². The Hall–Kier alpha value is -2.54. The van der Waals surface area contributed by atoms with Crippen LogP contribution < -0.4 is 9.47 Å². The highest BCUT2D eigenvalue weighted by Gasteiger charge is 2.29. The number of hydrogen-bond acceptors (Lipinski definition) is 5. The first kappa shape index (κ1) is 16.0. The number of rotatable bonds is 4. The Bertz CT molecular complexity index is 786. The third-order valence-corrected chi connectivity index (χ3v) is 4.70. The van der Waals surface area contributed by atoms with Gasteiger partial charge in [-0.2, -0.15) is 5.10 Å². The average molecular weight is 342 g/mol. The van der Waals surface area contributed by atoms with Crippen LogP contribution in [0.3, 0.4) is 0 Å². The summed E-state index contributed by atoms with van der Waals surface area (Å²) in [6, 6.07) is 7.55. The van der Waals surface area contributed by atoms with Crippen LogP contribution in [0.4, 0.5) is 0 Å². The minimum Gasteiger partial charge on any atom is -0.454 e. The van der Waals surface area contributed by atoms with Crippen LogP contribution in [0.15, 0.2) is 30.5 Å². The number of benzene rings is 1. The Labute approximate surface area is 146 Å². The van der Waals surface area contributed by atoms with Gasteiger partial charge in [0.1, 0.15) is 0 Å². The average Bonchev–Trinajstić information content (AvgIpc) is 3.26. The molecule has 0 unspecified atom stereocenters. The normalized spacial score (nSPS) is 18.5. The van der Waals surface area contributed by atoms with Crippen LogP contribution in [0.2, 0.25) is 0 Å². The number of fused-ring (bicyclic) bond motifs is 2. The predicted molar refractivity (Wildman–Crippen MR) is 91.7 cm³/mol. The Morgan fingerprint density at radius 3 is 2.96 bits per heavy atom. The minimum absolute atomic E-state index is 0.0144. The Morgan fingerprint density at radius 1 is 1.28 bits per heavy atom. The van der Waals surface area contributed by atoms with Crippen LogP contribution in [-0.4, -0.2) is 59.5 Å². The van der Waals surface area contributed by atoms with Gasteiger partial charge in [0.05, 0.1) is 18.3 Å². The smallest absolute Gasteiger partial charge is 0.254 e. The Kier molecular flexibility index (Phi) is 4.09. The maximum absolute atomic E-state index is 13.0. The molecule has 3 heterocycles. The molecule has 2 aromatic rings. The lowest BCUT2D eigenvalue weighted by molar-refractivity contribution is 0.0659. The van der Waals surface area contributed by atoms with Crippen molar-refractivity contribution in [3.05, 3.63) is 41.7 Å². The second-order valence-corrected chi connectivity index (χ2v) is 6.77. The summed E-state index contributed by atoms with van der Waals surface area (Å²) in [6.45, 7) is 2.40. The van der Waals surface area contributed by atoms with E-state index in [-0.39, 0.29) is 18.7 Å². The quantitative estimate of drug-likeness (QED) is 0.847. The molecule has 0 bridgehead atoms. The highest BCUT2D eigenvalue weighted by molar-refractivity contribution is 5.95. The van der Waals surface area contributed by atoms with Crippen molar-refractivity contribution in [3.8, 4) is 11.5 Å². The third kappa shape index (κ3) is 3.07. The lowest BCUT2D eigenvalue weighted by Crippen LogP contribution is -2.42. The summed E-state index contributed by atoms with van der Waals surface area (Å²) in [4.78, 5) is 17.1. The summed E-state index contributed by atoms with van der Waals surface area (Å²) in [5, 5.41) is 4.45. The van der Waals surface area contributed by atoms with Gasteiger partial charge in [0.2, 0.25) is 6.79 Å². The number of ether oxygens (including phenoxy) is 2. The lowest BCUT2D eigenvalue weighted by Gasteiger charge is -2.34. The van der Waals surface area contributed by atoms with Gasteiger partial charge in [0.15, 0.2) is 11.5 Å². The molecule has 0 N–H and O–H groups in total. The van der Waals surface area contributed by atoms with Gasteiger partial charge < -0.3 is 19.3 Å². The van der Waals surface area contributed by atoms with E-state index in [4.69, 9.17) is 9.47 Å². The van der Waals surface area contributed by atoms with Gasteiger partial charge >= 0.3 is 0 Å². The molecule has 7 nitrogen and oxygen atoms in total. The van der Waals surface area contributed by atoms with Crippen molar-refractivity contribution >= 4 is 5.91 Å².